The molecule has 0 radical (unpaired) electrons. The fraction of sp³-hybridized carbons (Fsp3) is 0.242. The molecule has 39 heavy (non-hydrogen) atoms. The van der Waals surface area contributed by atoms with Gasteiger partial charge in [0.05, 0.1) is 0 Å². The van der Waals surface area contributed by atoms with Crippen molar-refractivity contribution >= 4 is 5.91 Å². The van der Waals surface area contributed by atoms with Gasteiger partial charge in [-0.3, -0.25) is 4.79 Å². The average Bonchev–Trinajstić information content (AvgIpc) is 2.91. The Kier molecular flexibility index (Phi) is 9.68. The molecule has 0 heterocycles. The highest BCUT2D eigenvalue weighted by atomic mass is 19.1. The molecule has 1 amide bonds. The average molecular weight is 530 g/mol. The van der Waals surface area contributed by atoms with Gasteiger partial charge in [-0.1, -0.05) is 54.6 Å². The first kappa shape index (κ1) is 27.8. The number of amides is 1. The van der Waals surface area contributed by atoms with E-state index in [0.717, 1.165) is 53.1 Å². The second-order valence-corrected chi connectivity index (χ2v) is 9.52. The largest absolute Gasteiger partial charge is 0.489 e. The van der Waals surface area contributed by atoms with E-state index >= 15 is 0 Å². The van der Waals surface area contributed by atoms with E-state index in [9.17, 15) is 13.6 Å². The van der Waals surface area contributed by atoms with Crippen LogP contribution in [0.15, 0.2) is 84.9 Å². The quantitative estimate of drug-likeness (QED) is 0.193. The van der Waals surface area contributed by atoms with Gasteiger partial charge in [0.1, 0.15) is 36.3 Å². The van der Waals surface area contributed by atoms with E-state index in [1.807, 2.05) is 42.5 Å². The summed E-state index contributed by atoms with van der Waals surface area (Å²) in [6, 6.07) is 25.5. The van der Waals surface area contributed by atoms with Gasteiger partial charge in [-0.15, -0.1) is 0 Å². The summed E-state index contributed by atoms with van der Waals surface area (Å²) in [6.07, 6.45) is 2.39. The molecule has 0 aliphatic heterocycles. The molecule has 0 aliphatic carbocycles. The van der Waals surface area contributed by atoms with Gasteiger partial charge in [0.15, 0.2) is 0 Å². The Bertz CT molecular complexity index is 1390. The fourth-order valence-electron chi connectivity index (χ4n) is 4.46. The summed E-state index contributed by atoms with van der Waals surface area (Å²) in [7, 11) is 0. The first-order valence-electron chi connectivity index (χ1n) is 13.1. The van der Waals surface area contributed by atoms with Crippen molar-refractivity contribution in [2.24, 2.45) is 0 Å². The van der Waals surface area contributed by atoms with E-state index < -0.39 is 11.6 Å². The highest BCUT2D eigenvalue weighted by Crippen LogP contribution is 2.30. The Morgan fingerprint density at radius 2 is 1.56 bits per heavy atom. The molecular weight excluding hydrogens is 496 g/mol. The first-order valence-corrected chi connectivity index (χ1v) is 13.1. The minimum Gasteiger partial charge on any atom is -0.489 e. The van der Waals surface area contributed by atoms with E-state index in [4.69, 9.17) is 9.47 Å². The number of aryl methyl sites for hydroxylation is 1. The molecule has 0 aromatic heterocycles. The van der Waals surface area contributed by atoms with Crippen LogP contribution in [0, 0.1) is 18.6 Å². The van der Waals surface area contributed by atoms with Crippen LogP contribution in [-0.2, 0) is 24.4 Å². The van der Waals surface area contributed by atoms with Crippen LogP contribution in [0.3, 0.4) is 0 Å². The Morgan fingerprint density at radius 3 is 2.31 bits per heavy atom. The predicted molar refractivity (Wildman–Crippen MR) is 150 cm³/mol. The van der Waals surface area contributed by atoms with E-state index in [1.165, 1.54) is 19.1 Å². The second-order valence-electron chi connectivity index (χ2n) is 9.52. The summed E-state index contributed by atoms with van der Waals surface area (Å²) >= 11 is 0. The third-order valence-corrected chi connectivity index (χ3v) is 6.53. The third kappa shape index (κ3) is 8.14. The molecule has 0 spiro atoms. The van der Waals surface area contributed by atoms with Crippen LogP contribution in [0.2, 0.25) is 0 Å². The zero-order valence-electron chi connectivity index (χ0n) is 22.3. The van der Waals surface area contributed by atoms with Crippen molar-refractivity contribution in [3.8, 4) is 22.6 Å². The highest BCUT2D eigenvalue weighted by molar-refractivity contribution is 5.72. The van der Waals surface area contributed by atoms with Gasteiger partial charge < -0.3 is 14.8 Å². The van der Waals surface area contributed by atoms with Crippen LogP contribution in [0.4, 0.5) is 8.78 Å². The van der Waals surface area contributed by atoms with Crippen molar-refractivity contribution in [2.75, 3.05) is 6.54 Å². The lowest BCUT2D eigenvalue weighted by Crippen LogP contribution is -2.20. The van der Waals surface area contributed by atoms with Gasteiger partial charge >= 0.3 is 0 Å². The minimum atomic E-state index is -0.642. The maximum atomic E-state index is 13.7. The van der Waals surface area contributed by atoms with Gasteiger partial charge in [-0.25, -0.2) is 8.78 Å². The zero-order valence-corrected chi connectivity index (χ0v) is 22.3. The van der Waals surface area contributed by atoms with Gasteiger partial charge in [0, 0.05) is 25.6 Å². The number of carbonyl (C=O) groups is 1. The summed E-state index contributed by atoms with van der Waals surface area (Å²) < 4.78 is 39.6. The smallest absolute Gasteiger partial charge is 0.216 e. The topological polar surface area (TPSA) is 47.6 Å². The van der Waals surface area contributed by atoms with Crippen LogP contribution < -0.4 is 14.8 Å². The molecular formula is C33H33F2NO3. The number of halogens is 2. The van der Waals surface area contributed by atoms with Crippen LogP contribution in [0.25, 0.3) is 11.1 Å². The van der Waals surface area contributed by atoms with Crippen molar-refractivity contribution in [1.82, 2.24) is 5.32 Å². The number of unbranched alkanes of at least 4 members (excludes halogenated alkanes) is 1. The molecule has 4 nitrogen and oxygen atoms in total. The number of hydrogen-bond donors (Lipinski definition) is 1. The van der Waals surface area contributed by atoms with Gasteiger partial charge in [-0.05, 0) is 77.8 Å². The number of benzene rings is 4. The SMILES string of the molecule is CC(=O)NCCCCc1ccc(OCc2cccc(-c3ccccc3)c2C)cc1OCc1cc(F)cc(F)c1. The van der Waals surface area contributed by atoms with E-state index in [0.29, 0.717) is 30.2 Å². The molecule has 0 atom stereocenters. The van der Waals surface area contributed by atoms with Crippen LogP contribution in [0.1, 0.15) is 42.0 Å². The minimum absolute atomic E-state index is 0.0231. The normalized spacial score (nSPS) is 10.8. The van der Waals surface area contributed by atoms with Crippen molar-refractivity contribution in [1.29, 1.82) is 0 Å². The van der Waals surface area contributed by atoms with Crippen LogP contribution >= 0.6 is 0 Å². The first-order chi connectivity index (χ1) is 18.9. The van der Waals surface area contributed by atoms with Crippen molar-refractivity contribution < 1.29 is 23.0 Å². The monoisotopic (exact) mass is 529 g/mol. The summed E-state index contributed by atoms with van der Waals surface area (Å²) in [5.74, 6) is -0.0882. The van der Waals surface area contributed by atoms with Crippen molar-refractivity contribution in [2.45, 2.75) is 46.3 Å². The summed E-state index contributed by atoms with van der Waals surface area (Å²) in [5.41, 5.74) is 5.93. The predicted octanol–water partition coefficient (Wildman–Crippen LogP) is 7.56. The number of carbonyl (C=O) groups excluding carboxylic acids is 1. The number of ether oxygens (including phenoxy) is 2. The molecule has 6 heteroatoms. The Balaban J connectivity index is 1.48. The molecule has 1 N–H and O–H groups in total. The lowest BCUT2D eigenvalue weighted by Gasteiger charge is -2.16. The lowest BCUT2D eigenvalue weighted by atomic mass is 9.97. The second kappa shape index (κ2) is 13.6. The van der Waals surface area contributed by atoms with Gasteiger partial charge in [-0.2, -0.15) is 0 Å². The van der Waals surface area contributed by atoms with E-state index in [1.54, 1.807) is 0 Å². The van der Waals surface area contributed by atoms with E-state index in [2.05, 4.69) is 36.5 Å². The third-order valence-electron chi connectivity index (χ3n) is 6.53. The van der Waals surface area contributed by atoms with E-state index in [-0.39, 0.29) is 12.5 Å². The molecule has 0 unspecified atom stereocenters. The standard InChI is InChI=1S/C33H33F2NO3/c1-23-28(12-8-13-32(23)26-9-4-3-5-10-26)22-38-31-15-14-27(11-6-7-16-36-24(2)37)33(20-31)39-21-25-17-29(34)19-30(35)18-25/h3-5,8-10,12-15,17-20H,6-7,11,16,21-22H2,1-2H3,(H,36,37). The molecule has 0 bridgehead atoms. The molecule has 0 fully saturated rings. The molecule has 4 aromatic rings. The summed E-state index contributed by atoms with van der Waals surface area (Å²) in [5, 5.41) is 2.80. The van der Waals surface area contributed by atoms with Crippen molar-refractivity contribution in [3.63, 3.8) is 0 Å². The van der Waals surface area contributed by atoms with Gasteiger partial charge in [0.2, 0.25) is 5.91 Å². The Labute approximate surface area is 228 Å². The fourth-order valence-corrected chi connectivity index (χ4v) is 4.46. The van der Waals surface area contributed by atoms with Gasteiger partial charge in [0.25, 0.3) is 0 Å². The molecule has 0 aliphatic rings. The zero-order chi connectivity index (χ0) is 27.6. The molecule has 4 rings (SSSR count). The maximum absolute atomic E-state index is 13.7. The van der Waals surface area contributed by atoms with Crippen molar-refractivity contribution in [3.05, 3.63) is 119 Å². The Morgan fingerprint density at radius 1 is 0.795 bits per heavy atom. The van der Waals surface area contributed by atoms with Crippen LogP contribution in [0.5, 0.6) is 11.5 Å². The summed E-state index contributed by atoms with van der Waals surface area (Å²) in [6.45, 7) is 4.61. The highest BCUT2D eigenvalue weighted by Gasteiger charge is 2.11. The number of hydrogen-bond acceptors (Lipinski definition) is 3. The summed E-state index contributed by atoms with van der Waals surface area (Å²) in [4.78, 5) is 11.1. The molecule has 202 valence electrons. The van der Waals surface area contributed by atoms with Crippen LogP contribution in [-0.4, -0.2) is 12.5 Å². The number of nitrogens with one attached hydrogen (secondary N) is 1. The molecule has 4 aromatic carbocycles. The maximum Gasteiger partial charge on any atom is 0.216 e. The Hall–Kier alpha value is -4.19. The molecule has 0 saturated heterocycles. The lowest BCUT2D eigenvalue weighted by molar-refractivity contribution is -0.118. The molecule has 0 saturated carbocycles. The number of rotatable bonds is 12.